The Morgan fingerprint density at radius 3 is 1.56 bits per heavy atom. The van der Waals surface area contributed by atoms with Gasteiger partial charge < -0.3 is 34.1 Å². The molecule has 0 radical (unpaired) electrons. The lowest BCUT2D eigenvalue weighted by Crippen LogP contribution is -2.27. The van der Waals surface area contributed by atoms with Crippen molar-refractivity contribution in [2.75, 3.05) is 34.0 Å². The van der Waals surface area contributed by atoms with Gasteiger partial charge in [-0.05, 0) is 57.3 Å². The van der Waals surface area contributed by atoms with Gasteiger partial charge in [-0.1, -0.05) is 97.1 Å². The van der Waals surface area contributed by atoms with Crippen LogP contribution < -0.4 is 19.5 Å². The first-order valence-corrected chi connectivity index (χ1v) is 17.9. The first kappa shape index (κ1) is 36.1. The SMILES string of the molecule is COc1cc(OCCCC(C(=O)O)C(=O)OCC2c3ccccc3-c3ccccc32)cc(OC)c1CNC(=O)OCC1c2ccccc2-c2ccccc21. The second-order valence-corrected chi connectivity index (χ2v) is 13.2. The van der Waals surface area contributed by atoms with Gasteiger partial charge in [0.2, 0.25) is 0 Å². The molecule has 276 valence electrons. The van der Waals surface area contributed by atoms with Crippen molar-refractivity contribution in [1.29, 1.82) is 0 Å². The van der Waals surface area contributed by atoms with E-state index >= 15 is 0 Å². The number of rotatable bonds is 15. The Kier molecular flexibility index (Phi) is 10.8. The van der Waals surface area contributed by atoms with Gasteiger partial charge in [-0.25, -0.2) is 4.79 Å². The Morgan fingerprint density at radius 1 is 0.667 bits per heavy atom. The zero-order chi connectivity index (χ0) is 37.6. The summed E-state index contributed by atoms with van der Waals surface area (Å²) in [6.45, 7) is 0.438. The van der Waals surface area contributed by atoms with Crippen LogP contribution in [0.3, 0.4) is 0 Å². The molecule has 5 aromatic carbocycles. The number of nitrogens with one attached hydrogen (secondary N) is 1. The second-order valence-electron chi connectivity index (χ2n) is 13.2. The second kappa shape index (κ2) is 16.2. The molecular formula is C44H41NO9. The molecule has 0 spiro atoms. The molecule has 0 fully saturated rings. The Hall–Kier alpha value is -6.29. The number of amides is 1. The number of methoxy groups -OCH3 is 2. The van der Waals surface area contributed by atoms with Crippen molar-refractivity contribution in [1.82, 2.24) is 5.32 Å². The topological polar surface area (TPSA) is 130 Å². The summed E-state index contributed by atoms with van der Waals surface area (Å²) in [6, 6.07) is 35.6. The normalized spacial score (nSPS) is 13.1. The molecule has 1 unspecified atom stereocenters. The third kappa shape index (κ3) is 7.32. The largest absolute Gasteiger partial charge is 0.496 e. The lowest BCUT2D eigenvalue weighted by molar-refractivity contribution is -0.159. The fourth-order valence-corrected chi connectivity index (χ4v) is 7.55. The molecule has 54 heavy (non-hydrogen) atoms. The molecule has 0 aliphatic heterocycles. The van der Waals surface area contributed by atoms with Gasteiger partial charge >= 0.3 is 18.0 Å². The molecule has 1 amide bonds. The van der Waals surface area contributed by atoms with Crippen molar-refractivity contribution in [3.05, 3.63) is 137 Å². The highest BCUT2D eigenvalue weighted by molar-refractivity contribution is 5.94. The van der Waals surface area contributed by atoms with Crippen molar-refractivity contribution in [3.63, 3.8) is 0 Å². The minimum absolute atomic E-state index is 0.0302. The van der Waals surface area contributed by atoms with Crippen LogP contribution in [0.2, 0.25) is 0 Å². The Balaban J connectivity index is 0.910. The minimum atomic E-state index is -1.34. The van der Waals surface area contributed by atoms with E-state index in [4.69, 9.17) is 23.7 Å². The molecular weight excluding hydrogens is 686 g/mol. The smallest absolute Gasteiger partial charge is 0.407 e. The number of esters is 1. The van der Waals surface area contributed by atoms with E-state index in [0.29, 0.717) is 22.8 Å². The Labute approximate surface area is 313 Å². The number of fused-ring (bicyclic) bond motifs is 6. The number of carbonyl (C=O) groups is 3. The molecule has 0 saturated heterocycles. The summed E-state index contributed by atoms with van der Waals surface area (Å²) in [5, 5.41) is 12.7. The monoisotopic (exact) mass is 727 g/mol. The van der Waals surface area contributed by atoms with Crippen LogP contribution in [0, 0.1) is 5.92 Å². The van der Waals surface area contributed by atoms with E-state index in [1.165, 1.54) is 14.2 Å². The maximum Gasteiger partial charge on any atom is 0.407 e. The van der Waals surface area contributed by atoms with Gasteiger partial charge in [0.05, 0.1) is 32.9 Å². The summed E-state index contributed by atoms with van der Waals surface area (Å²) >= 11 is 0. The molecule has 0 aromatic heterocycles. The summed E-state index contributed by atoms with van der Waals surface area (Å²) in [5.74, 6) is -2.33. The van der Waals surface area contributed by atoms with Gasteiger partial charge in [0.1, 0.15) is 30.5 Å². The first-order valence-electron chi connectivity index (χ1n) is 17.9. The van der Waals surface area contributed by atoms with Crippen molar-refractivity contribution in [2.45, 2.75) is 31.2 Å². The zero-order valence-electron chi connectivity index (χ0n) is 30.1. The van der Waals surface area contributed by atoms with E-state index in [1.54, 1.807) is 12.1 Å². The zero-order valence-corrected chi connectivity index (χ0v) is 30.1. The number of carbonyl (C=O) groups excluding carboxylic acids is 2. The van der Waals surface area contributed by atoms with Crippen molar-refractivity contribution in [3.8, 4) is 39.5 Å². The number of carboxylic acid groups (broad SMARTS) is 1. The third-order valence-electron chi connectivity index (χ3n) is 10.2. The van der Waals surface area contributed by atoms with Gasteiger partial charge in [-0.2, -0.15) is 0 Å². The number of hydrogen-bond donors (Lipinski definition) is 2. The van der Waals surface area contributed by atoms with Gasteiger partial charge in [0, 0.05) is 24.0 Å². The molecule has 5 aromatic rings. The van der Waals surface area contributed by atoms with Crippen LogP contribution in [0.4, 0.5) is 4.79 Å². The number of aliphatic carboxylic acids is 1. The molecule has 2 aliphatic carbocycles. The highest BCUT2D eigenvalue weighted by Gasteiger charge is 2.33. The number of benzene rings is 5. The van der Waals surface area contributed by atoms with Gasteiger partial charge in [-0.15, -0.1) is 0 Å². The van der Waals surface area contributed by atoms with E-state index in [0.717, 1.165) is 44.5 Å². The summed E-state index contributed by atoms with van der Waals surface area (Å²) in [7, 11) is 3.00. The fraction of sp³-hybridized carbons (Fsp3) is 0.250. The van der Waals surface area contributed by atoms with Crippen molar-refractivity contribution < 1.29 is 43.2 Å². The maximum absolute atomic E-state index is 13.0. The molecule has 0 heterocycles. The quantitative estimate of drug-likeness (QED) is 0.0627. The molecule has 1 atom stereocenters. The van der Waals surface area contributed by atoms with Crippen molar-refractivity contribution >= 4 is 18.0 Å². The predicted molar refractivity (Wildman–Crippen MR) is 202 cm³/mol. The van der Waals surface area contributed by atoms with Crippen LogP contribution in [-0.2, 0) is 25.6 Å². The molecule has 2 aliphatic rings. The Morgan fingerprint density at radius 2 is 1.11 bits per heavy atom. The fourth-order valence-electron chi connectivity index (χ4n) is 7.55. The summed E-state index contributed by atoms with van der Waals surface area (Å²) in [5.41, 5.74) is 9.42. The number of hydrogen-bond acceptors (Lipinski definition) is 8. The number of ether oxygens (including phenoxy) is 5. The number of carboxylic acids is 1. The van der Waals surface area contributed by atoms with E-state index in [1.807, 2.05) is 72.8 Å². The number of alkyl carbamates (subject to hydrolysis) is 1. The molecule has 7 rings (SSSR count). The Bertz CT molecular complexity index is 2060. The van der Waals surface area contributed by atoms with Gasteiger partial charge in [0.25, 0.3) is 0 Å². The van der Waals surface area contributed by atoms with Crippen LogP contribution in [0.15, 0.2) is 109 Å². The van der Waals surface area contributed by atoms with Crippen LogP contribution >= 0.6 is 0 Å². The highest BCUT2D eigenvalue weighted by atomic mass is 16.6. The lowest BCUT2D eigenvalue weighted by atomic mass is 9.98. The van der Waals surface area contributed by atoms with Crippen LogP contribution in [-0.4, -0.2) is 57.2 Å². The molecule has 10 heteroatoms. The minimum Gasteiger partial charge on any atom is -0.496 e. The third-order valence-corrected chi connectivity index (χ3v) is 10.2. The molecule has 2 N–H and O–H groups in total. The maximum atomic E-state index is 13.0. The average Bonchev–Trinajstić information content (AvgIpc) is 3.70. The molecule has 10 nitrogen and oxygen atoms in total. The first-order chi connectivity index (χ1) is 26.4. The predicted octanol–water partition coefficient (Wildman–Crippen LogP) is 7.96. The molecule has 0 bridgehead atoms. The van der Waals surface area contributed by atoms with E-state index < -0.39 is 23.9 Å². The van der Waals surface area contributed by atoms with Gasteiger partial charge in [0.15, 0.2) is 5.92 Å². The van der Waals surface area contributed by atoms with E-state index in [-0.39, 0.29) is 51.0 Å². The summed E-state index contributed by atoms with van der Waals surface area (Å²) < 4.78 is 28.5. The van der Waals surface area contributed by atoms with Crippen LogP contribution in [0.5, 0.6) is 17.2 Å². The average molecular weight is 728 g/mol. The standard InChI is InChI=1S/C44H41NO9/c1-50-40-22-27(23-41(51-2)37(40)24-45-44(49)54-26-39-34-18-9-5-14-30(34)31-15-6-10-19-35(31)39)52-21-11-20-36(42(46)47)43(48)53-25-38-32-16-7-3-12-28(32)29-13-4-8-17-33(29)38/h3-10,12-19,22-23,36,38-39H,11,20-21,24-26H2,1-2H3,(H,45,49)(H,46,47). The summed E-state index contributed by atoms with van der Waals surface area (Å²) in [4.78, 5) is 38.0. The van der Waals surface area contributed by atoms with Crippen LogP contribution in [0.25, 0.3) is 22.3 Å². The summed E-state index contributed by atoms with van der Waals surface area (Å²) in [6.07, 6.45) is -0.273. The molecule has 0 saturated carbocycles. The van der Waals surface area contributed by atoms with E-state index in [2.05, 4.69) is 29.6 Å². The highest BCUT2D eigenvalue weighted by Crippen LogP contribution is 2.46. The van der Waals surface area contributed by atoms with Crippen LogP contribution in [0.1, 0.15) is 52.5 Å². The van der Waals surface area contributed by atoms with Gasteiger partial charge in [-0.3, -0.25) is 9.59 Å². The van der Waals surface area contributed by atoms with Crippen molar-refractivity contribution in [2.24, 2.45) is 5.92 Å². The van der Waals surface area contributed by atoms with E-state index in [9.17, 15) is 19.5 Å². The lowest BCUT2D eigenvalue weighted by Gasteiger charge is -2.18.